The lowest BCUT2D eigenvalue weighted by Gasteiger charge is -2.21. The van der Waals surface area contributed by atoms with Crippen LogP contribution < -0.4 is 11.2 Å². The van der Waals surface area contributed by atoms with Gasteiger partial charge in [-0.25, -0.2) is 14.2 Å². The van der Waals surface area contributed by atoms with Gasteiger partial charge in [-0.05, 0) is 44.5 Å². The number of nitrogens with zero attached hydrogens (tertiary/aromatic N) is 2. The van der Waals surface area contributed by atoms with Crippen LogP contribution in [0.2, 0.25) is 0 Å². The maximum absolute atomic E-state index is 13.5. The molecule has 4 aromatic rings. The van der Waals surface area contributed by atoms with Crippen molar-refractivity contribution < 1.29 is 9.53 Å². The number of esters is 1. The molecule has 0 spiro atoms. The molecule has 0 bridgehead atoms. The molecular weight excluding hydrogens is 382 g/mol. The van der Waals surface area contributed by atoms with E-state index >= 15 is 0 Å². The number of carbonyl (C=O) groups is 1. The monoisotopic (exact) mass is 405 g/mol. The van der Waals surface area contributed by atoms with Crippen LogP contribution in [0.5, 0.6) is 0 Å². The molecule has 0 saturated carbocycles. The first kappa shape index (κ1) is 19.7. The summed E-state index contributed by atoms with van der Waals surface area (Å²) in [6, 6.07) is 11.5. The number of carbonyl (C=O) groups excluding carboxylic acids is 1. The van der Waals surface area contributed by atoms with Gasteiger partial charge in [0.25, 0.3) is 5.56 Å². The van der Waals surface area contributed by atoms with Gasteiger partial charge in [-0.1, -0.05) is 24.3 Å². The number of aromatic nitrogens is 3. The highest BCUT2D eigenvalue weighted by Crippen LogP contribution is 2.30. The van der Waals surface area contributed by atoms with Gasteiger partial charge in [-0.15, -0.1) is 0 Å². The molecule has 2 aromatic heterocycles. The van der Waals surface area contributed by atoms with Crippen LogP contribution in [0, 0.1) is 6.92 Å². The molecule has 0 fully saturated rings. The van der Waals surface area contributed by atoms with Gasteiger partial charge >= 0.3 is 11.7 Å². The van der Waals surface area contributed by atoms with Crippen molar-refractivity contribution >= 4 is 27.8 Å². The summed E-state index contributed by atoms with van der Waals surface area (Å²) in [4.78, 5) is 42.0. The van der Waals surface area contributed by atoms with E-state index in [-0.39, 0.29) is 6.04 Å². The molecule has 7 nitrogen and oxygen atoms in total. The van der Waals surface area contributed by atoms with Crippen molar-refractivity contribution in [2.24, 2.45) is 0 Å². The van der Waals surface area contributed by atoms with E-state index in [4.69, 9.17) is 4.74 Å². The Labute approximate surface area is 172 Å². The second kappa shape index (κ2) is 7.33. The van der Waals surface area contributed by atoms with E-state index in [1.807, 2.05) is 38.2 Å². The molecule has 2 atom stereocenters. The molecule has 0 saturated heterocycles. The number of methoxy groups -OCH3 is 1. The van der Waals surface area contributed by atoms with Crippen LogP contribution in [0.1, 0.15) is 37.1 Å². The number of para-hydroxylation sites is 1. The standard InChI is InChI=1S/C23H23N3O4/c1-13-8-7-10-18-20(13)17(12-24-18)14(2)25-19-11-6-5-9-16(19)21(27)26(23(25)29)15(3)22(28)30-4/h5-12,14-15,24H,1-4H3/t14?,15-/m0/s1. The van der Waals surface area contributed by atoms with Gasteiger partial charge < -0.3 is 9.72 Å². The molecule has 30 heavy (non-hydrogen) atoms. The number of hydrogen-bond donors (Lipinski definition) is 1. The Morgan fingerprint density at radius 2 is 1.77 bits per heavy atom. The number of aryl methyl sites for hydroxylation is 1. The minimum atomic E-state index is -1.04. The number of hydrogen-bond acceptors (Lipinski definition) is 4. The van der Waals surface area contributed by atoms with E-state index in [1.165, 1.54) is 14.0 Å². The SMILES string of the molecule is COC(=O)[C@H](C)n1c(=O)c2ccccc2n(C(C)c2c[nH]c3cccc(C)c23)c1=O. The Morgan fingerprint density at radius 1 is 1.03 bits per heavy atom. The Hall–Kier alpha value is -3.61. The van der Waals surface area contributed by atoms with Crippen molar-refractivity contribution in [3.8, 4) is 0 Å². The van der Waals surface area contributed by atoms with Gasteiger partial charge in [0.05, 0.1) is 24.1 Å². The molecule has 0 amide bonds. The molecule has 0 aliphatic heterocycles. The number of fused-ring (bicyclic) bond motifs is 2. The van der Waals surface area contributed by atoms with Crippen molar-refractivity contribution in [2.75, 3.05) is 7.11 Å². The summed E-state index contributed by atoms with van der Waals surface area (Å²) >= 11 is 0. The lowest BCUT2D eigenvalue weighted by atomic mass is 10.0. The molecule has 1 unspecified atom stereocenters. The van der Waals surface area contributed by atoms with Crippen LogP contribution in [0.25, 0.3) is 21.8 Å². The third kappa shape index (κ3) is 2.85. The summed E-state index contributed by atoms with van der Waals surface area (Å²) in [6.07, 6.45) is 1.89. The molecule has 2 heterocycles. The first-order chi connectivity index (χ1) is 14.4. The molecular formula is C23H23N3O4. The lowest BCUT2D eigenvalue weighted by molar-refractivity contribution is -0.144. The Balaban J connectivity index is 2.06. The Bertz CT molecular complexity index is 1390. The largest absolute Gasteiger partial charge is 0.467 e. The average molecular weight is 405 g/mol. The minimum absolute atomic E-state index is 0.372. The van der Waals surface area contributed by atoms with Gasteiger partial charge in [0.2, 0.25) is 0 Å². The molecule has 0 aliphatic carbocycles. The summed E-state index contributed by atoms with van der Waals surface area (Å²) in [5.41, 5.74) is 2.47. The first-order valence-corrected chi connectivity index (χ1v) is 9.77. The zero-order valence-corrected chi connectivity index (χ0v) is 17.3. The van der Waals surface area contributed by atoms with E-state index in [0.29, 0.717) is 10.9 Å². The fourth-order valence-electron chi connectivity index (χ4n) is 4.16. The third-order valence-electron chi connectivity index (χ3n) is 5.74. The third-order valence-corrected chi connectivity index (χ3v) is 5.74. The number of H-pyrrole nitrogens is 1. The van der Waals surface area contributed by atoms with Crippen molar-refractivity contribution in [1.82, 2.24) is 14.1 Å². The fourth-order valence-corrected chi connectivity index (χ4v) is 4.16. The number of ether oxygens (including phenoxy) is 1. The van der Waals surface area contributed by atoms with E-state index in [9.17, 15) is 14.4 Å². The number of nitrogens with one attached hydrogen (secondary N) is 1. The van der Waals surface area contributed by atoms with Gasteiger partial charge in [-0.3, -0.25) is 9.36 Å². The second-order valence-corrected chi connectivity index (χ2v) is 7.46. The highest BCUT2D eigenvalue weighted by molar-refractivity contribution is 5.87. The highest BCUT2D eigenvalue weighted by atomic mass is 16.5. The molecule has 7 heteroatoms. The summed E-state index contributed by atoms with van der Waals surface area (Å²) in [6.45, 7) is 5.43. The van der Waals surface area contributed by atoms with Crippen LogP contribution in [-0.4, -0.2) is 27.2 Å². The number of benzene rings is 2. The van der Waals surface area contributed by atoms with Crippen molar-refractivity contribution in [1.29, 1.82) is 0 Å². The maximum Gasteiger partial charge on any atom is 0.332 e. The zero-order chi connectivity index (χ0) is 21.6. The predicted octanol–water partition coefficient (Wildman–Crippen LogP) is 3.30. The number of aromatic amines is 1. The van der Waals surface area contributed by atoms with Gasteiger partial charge in [-0.2, -0.15) is 0 Å². The van der Waals surface area contributed by atoms with Gasteiger partial charge in [0.15, 0.2) is 0 Å². The van der Waals surface area contributed by atoms with Crippen LogP contribution in [0.15, 0.2) is 58.3 Å². The van der Waals surface area contributed by atoms with E-state index < -0.39 is 23.3 Å². The summed E-state index contributed by atoms with van der Waals surface area (Å²) in [5, 5.41) is 1.41. The molecule has 0 aliphatic rings. The zero-order valence-electron chi connectivity index (χ0n) is 17.3. The highest BCUT2D eigenvalue weighted by Gasteiger charge is 2.26. The number of rotatable bonds is 4. The molecule has 154 valence electrons. The van der Waals surface area contributed by atoms with E-state index in [2.05, 4.69) is 4.98 Å². The fraction of sp³-hybridized carbons (Fsp3) is 0.261. The summed E-state index contributed by atoms with van der Waals surface area (Å²) in [7, 11) is 1.24. The normalized spacial score (nSPS) is 13.5. The summed E-state index contributed by atoms with van der Waals surface area (Å²) in [5.74, 6) is -0.647. The van der Waals surface area contributed by atoms with Crippen LogP contribution >= 0.6 is 0 Å². The topological polar surface area (TPSA) is 86.1 Å². The first-order valence-electron chi connectivity index (χ1n) is 9.77. The van der Waals surface area contributed by atoms with Crippen molar-refractivity contribution in [3.63, 3.8) is 0 Å². The van der Waals surface area contributed by atoms with Crippen molar-refractivity contribution in [2.45, 2.75) is 32.9 Å². The van der Waals surface area contributed by atoms with Crippen LogP contribution in [0.4, 0.5) is 0 Å². The lowest BCUT2D eigenvalue weighted by Crippen LogP contribution is -2.44. The smallest absolute Gasteiger partial charge is 0.332 e. The summed E-state index contributed by atoms with van der Waals surface area (Å²) < 4.78 is 7.34. The van der Waals surface area contributed by atoms with Gasteiger partial charge in [0.1, 0.15) is 6.04 Å². The molecule has 4 rings (SSSR count). The van der Waals surface area contributed by atoms with E-state index in [0.717, 1.165) is 26.6 Å². The Kier molecular flexibility index (Phi) is 4.81. The molecule has 1 N–H and O–H groups in total. The van der Waals surface area contributed by atoms with Crippen LogP contribution in [-0.2, 0) is 9.53 Å². The van der Waals surface area contributed by atoms with Gasteiger partial charge in [0, 0.05) is 22.7 Å². The quantitative estimate of drug-likeness (QED) is 0.528. The predicted molar refractivity (Wildman–Crippen MR) is 116 cm³/mol. The minimum Gasteiger partial charge on any atom is -0.467 e. The average Bonchev–Trinajstić information content (AvgIpc) is 3.18. The maximum atomic E-state index is 13.5. The Morgan fingerprint density at radius 3 is 2.50 bits per heavy atom. The van der Waals surface area contributed by atoms with E-state index in [1.54, 1.807) is 28.8 Å². The van der Waals surface area contributed by atoms with Crippen molar-refractivity contribution in [3.05, 3.63) is 80.6 Å². The van der Waals surface area contributed by atoms with Crippen LogP contribution in [0.3, 0.4) is 0 Å². The second-order valence-electron chi connectivity index (χ2n) is 7.46. The molecule has 2 aromatic carbocycles. The molecule has 0 radical (unpaired) electrons.